The van der Waals surface area contributed by atoms with Gasteiger partial charge in [0.1, 0.15) is 11.6 Å². The minimum absolute atomic E-state index is 0.0599. The first-order valence-electron chi connectivity index (χ1n) is 8.20. The first-order chi connectivity index (χ1) is 13.2. The SMILES string of the molecule is Cc1ccc(F)cc1NC(=O)c1ccc(S(=O)(=O)Nc2ccc(F)cc2)cc1. The van der Waals surface area contributed by atoms with E-state index < -0.39 is 27.6 Å². The van der Waals surface area contributed by atoms with E-state index in [2.05, 4.69) is 10.0 Å². The number of halogens is 2. The minimum atomic E-state index is -3.89. The molecule has 28 heavy (non-hydrogen) atoms. The fourth-order valence-electron chi connectivity index (χ4n) is 2.44. The highest BCUT2D eigenvalue weighted by atomic mass is 32.2. The number of anilines is 2. The molecular formula is C20H16F2N2O3S. The zero-order chi connectivity index (χ0) is 20.3. The molecule has 5 nitrogen and oxygen atoms in total. The van der Waals surface area contributed by atoms with Gasteiger partial charge in [-0.1, -0.05) is 6.07 Å². The van der Waals surface area contributed by atoms with Gasteiger partial charge >= 0.3 is 0 Å². The van der Waals surface area contributed by atoms with Crippen molar-refractivity contribution in [1.29, 1.82) is 0 Å². The molecule has 0 atom stereocenters. The molecule has 0 heterocycles. The van der Waals surface area contributed by atoms with Gasteiger partial charge in [-0.25, -0.2) is 17.2 Å². The van der Waals surface area contributed by atoms with Gasteiger partial charge in [-0.3, -0.25) is 9.52 Å². The summed E-state index contributed by atoms with van der Waals surface area (Å²) in [5, 5.41) is 2.59. The smallest absolute Gasteiger partial charge is 0.261 e. The molecule has 0 aromatic heterocycles. The fourth-order valence-corrected chi connectivity index (χ4v) is 3.50. The lowest BCUT2D eigenvalue weighted by Crippen LogP contribution is -2.15. The number of nitrogens with one attached hydrogen (secondary N) is 2. The van der Waals surface area contributed by atoms with Crippen LogP contribution in [0, 0.1) is 18.6 Å². The summed E-state index contributed by atoms with van der Waals surface area (Å²) >= 11 is 0. The van der Waals surface area contributed by atoms with Gasteiger partial charge in [0, 0.05) is 16.9 Å². The molecule has 0 saturated heterocycles. The average molecular weight is 402 g/mol. The fraction of sp³-hybridized carbons (Fsp3) is 0.0500. The normalized spacial score (nSPS) is 11.1. The van der Waals surface area contributed by atoms with E-state index in [0.29, 0.717) is 11.3 Å². The predicted octanol–water partition coefficient (Wildman–Crippen LogP) is 4.33. The van der Waals surface area contributed by atoms with Crippen LogP contribution in [-0.4, -0.2) is 14.3 Å². The molecule has 0 fully saturated rings. The third-order valence-electron chi connectivity index (χ3n) is 3.97. The Hall–Kier alpha value is -3.26. The molecule has 3 rings (SSSR count). The van der Waals surface area contributed by atoms with Crippen molar-refractivity contribution in [2.45, 2.75) is 11.8 Å². The molecule has 0 bridgehead atoms. The molecule has 0 aliphatic heterocycles. The van der Waals surface area contributed by atoms with Crippen LogP contribution in [0.5, 0.6) is 0 Å². The van der Waals surface area contributed by atoms with Gasteiger partial charge in [0.05, 0.1) is 4.90 Å². The number of hydrogen-bond donors (Lipinski definition) is 2. The summed E-state index contributed by atoms with van der Waals surface area (Å²) in [6.45, 7) is 1.73. The Morgan fingerprint density at radius 1 is 0.857 bits per heavy atom. The van der Waals surface area contributed by atoms with Crippen molar-refractivity contribution in [3.05, 3.63) is 89.5 Å². The highest BCUT2D eigenvalue weighted by molar-refractivity contribution is 7.92. The largest absolute Gasteiger partial charge is 0.322 e. The van der Waals surface area contributed by atoms with Crippen LogP contribution in [-0.2, 0) is 10.0 Å². The lowest BCUT2D eigenvalue weighted by molar-refractivity contribution is 0.102. The Bertz CT molecular complexity index is 1110. The number of aryl methyl sites for hydroxylation is 1. The van der Waals surface area contributed by atoms with E-state index in [-0.39, 0.29) is 16.1 Å². The van der Waals surface area contributed by atoms with Crippen molar-refractivity contribution in [2.24, 2.45) is 0 Å². The van der Waals surface area contributed by atoms with Crippen molar-refractivity contribution in [1.82, 2.24) is 0 Å². The first kappa shape index (κ1) is 19.5. The molecule has 3 aromatic rings. The Morgan fingerprint density at radius 3 is 2.11 bits per heavy atom. The summed E-state index contributed by atoms with van der Waals surface area (Å²) in [5.74, 6) is -1.45. The molecule has 0 radical (unpaired) electrons. The first-order valence-corrected chi connectivity index (χ1v) is 9.69. The van der Waals surface area contributed by atoms with Crippen LogP contribution < -0.4 is 10.0 Å². The van der Waals surface area contributed by atoms with Crippen molar-refractivity contribution < 1.29 is 22.0 Å². The molecule has 2 N–H and O–H groups in total. The molecule has 0 spiro atoms. The molecule has 0 aliphatic carbocycles. The van der Waals surface area contributed by atoms with Crippen LogP contribution in [0.1, 0.15) is 15.9 Å². The zero-order valence-corrected chi connectivity index (χ0v) is 15.6. The third-order valence-corrected chi connectivity index (χ3v) is 5.37. The monoisotopic (exact) mass is 402 g/mol. The molecule has 144 valence electrons. The Morgan fingerprint density at radius 2 is 1.46 bits per heavy atom. The Labute approximate surface area is 161 Å². The van der Waals surface area contributed by atoms with Gasteiger partial charge in [-0.15, -0.1) is 0 Å². The van der Waals surface area contributed by atoms with Crippen LogP contribution in [0.2, 0.25) is 0 Å². The Kier molecular flexibility index (Phi) is 5.41. The van der Waals surface area contributed by atoms with Gasteiger partial charge in [-0.05, 0) is 73.2 Å². The van der Waals surface area contributed by atoms with E-state index >= 15 is 0 Å². The summed E-state index contributed by atoms with van der Waals surface area (Å²) in [7, 11) is -3.89. The van der Waals surface area contributed by atoms with Crippen molar-refractivity contribution in [2.75, 3.05) is 10.0 Å². The average Bonchev–Trinajstić information content (AvgIpc) is 2.66. The van der Waals surface area contributed by atoms with Crippen LogP contribution in [0.15, 0.2) is 71.6 Å². The summed E-state index contributed by atoms with van der Waals surface area (Å²) in [6, 6.07) is 14.2. The van der Waals surface area contributed by atoms with Crippen molar-refractivity contribution in [3.63, 3.8) is 0 Å². The van der Waals surface area contributed by atoms with E-state index in [0.717, 1.165) is 12.1 Å². The maximum Gasteiger partial charge on any atom is 0.261 e. The molecule has 0 saturated carbocycles. The molecule has 0 unspecified atom stereocenters. The maximum absolute atomic E-state index is 13.3. The second-order valence-corrected chi connectivity index (χ2v) is 7.73. The second kappa shape index (κ2) is 7.77. The quantitative estimate of drug-likeness (QED) is 0.667. The van der Waals surface area contributed by atoms with Crippen LogP contribution in [0.4, 0.5) is 20.2 Å². The van der Waals surface area contributed by atoms with Gasteiger partial charge in [0.2, 0.25) is 0 Å². The topological polar surface area (TPSA) is 75.3 Å². The van der Waals surface area contributed by atoms with Gasteiger partial charge in [0.25, 0.3) is 15.9 Å². The number of sulfonamides is 1. The third kappa shape index (κ3) is 4.52. The van der Waals surface area contributed by atoms with E-state index in [9.17, 15) is 22.0 Å². The highest BCUT2D eigenvalue weighted by Crippen LogP contribution is 2.19. The van der Waals surface area contributed by atoms with E-state index in [1.807, 2.05) is 0 Å². The van der Waals surface area contributed by atoms with Crippen molar-refractivity contribution >= 4 is 27.3 Å². The second-order valence-electron chi connectivity index (χ2n) is 6.05. The Balaban J connectivity index is 1.75. The van der Waals surface area contributed by atoms with Crippen molar-refractivity contribution in [3.8, 4) is 0 Å². The maximum atomic E-state index is 13.3. The van der Waals surface area contributed by atoms with E-state index in [4.69, 9.17) is 0 Å². The summed E-state index contributed by atoms with van der Waals surface area (Å²) in [5.41, 5.74) is 1.45. The van der Waals surface area contributed by atoms with Gasteiger partial charge in [-0.2, -0.15) is 0 Å². The number of carbonyl (C=O) groups excluding carboxylic acids is 1. The van der Waals surface area contributed by atoms with Crippen LogP contribution >= 0.6 is 0 Å². The lowest BCUT2D eigenvalue weighted by atomic mass is 10.1. The van der Waals surface area contributed by atoms with Gasteiger partial charge in [0.15, 0.2) is 0 Å². The zero-order valence-electron chi connectivity index (χ0n) is 14.7. The standard InChI is InChI=1S/C20H16F2N2O3S/c1-13-2-5-16(22)12-19(13)23-20(25)14-3-10-18(11-4-14)28(26,27)24-17-8-6-15(21)7-9-17/h2-12,24H,1H3,(H,23,25). The van der Waals surface area contributed by atoms with Gasteiger partial charge < -0.3 is 5.32 Å². The molecule has 1 amide bonds. The number of carbonyl (C=O) groups is 1. The molecular weight excluding hydrogens is 386 g/mol. The molecule has 3 aromatic carbocycles. The minimum Gasteiger partial charge on any atom is -0.322 e. The highest BCUT2D eigenvalue weighted by Gasteiger charge is 2.16. The number of rotatable bonds is 5. The number of amides is 1. The summed E-state index contributed by atoms with van der Waals surface area (Å²) in [6.07, 6.45) is 0. The number of hydrogen-bond acceptors (Lipinski definition) is 3. The predicted molar refractivity (Wildman–Crippen MR) is 103 cm³/mol. The lowest BCUT2D eigenvalue weighted by Gasteiger charge is -2.10. The van der Waals surface area contributed by atoms with E-state index in [1.54, 1.807) is 13.0 Å². The number of benzene rings is 3. The summed E-state index contributed by atoms with van der Waals surface area (Å²) < 4.78 is 53.4. The van der Waals surface area contributed by atoms with E-state index in [1.165, 1.54) is 48.5 Å². The molecule has 8 heteroatoms. The molecule has 0 aliphatic rings. The summed E-state index contributed by atoms with van der Waals surface area (Å²) in [4.78, 5) is 12.3. The van der Waals surface area contributed by atoms with Crippen LogP contribution in [0.25, 0.3) is 0 Å². The van der Waals surface area contributed by atoms with Crippen LogP contribution in [0.3, 0.4) is 0 Å².